The summed E-state index contributed by atoms with van der Waals surface area (Å²) in [6.07, 6.45) is -1.03. The molecule has 4 aromatic rings. The van der Waals surface area contributed by atoms with Gasteiger partial charge >= 0.3 is 6.18 Å². The molecule has 3 aromatic carbocycles. The maximum absolute atomic E-state index is 14.8. The zero-order chi connectivity index (χ0) is 34.7. The summed E-state index contributed by atoms with van der Waals surface area (Å²) in [6, 6.07) is 21.0. The summed E-state index contributed by atoms with van der Waals surface area (Å²) in [4.78, 5) is 24.6. The number of aromatic nitrogens is 1. The number of piperidine rings is 1. The quantitative estimate of drug-likeness (QED) is 0.177. The highest BCUT2D eigenvalue weighted by Gasteiger charge is 2.46. The van der Waals surface area contributed by atoms with E-state index in [2.05, 4.69) is 15.1 Å². The molecular weight excluding hydrogens is 645 g/mol. The zero-order valence-corrected chi connectivity index (χ0v) is 28.3. The van der Waals surface area contributed by atoms with E-state index in [1.165, 1.54) is 6.07 Å². The average molecular weight is 689 g/mol. The molecule has 3 aliphatic rings. The number of ether oxygens (including phenoxy) is 3. The number of amides is 1. The second kappa shape index (κ2) is 14.7. The summed E-state index contributed by atoms with van der Waals surface area (Å²) in [5, 5.41) is 3.95. The average Bonchev–Trinajstić information content (AvgIpc) is 3.92. The first-order chi connectivity index (χ1) is 24.2. The van der Waals surface area contributed by atoms with Crippen LogP contribution >= 0.6 is 0 Å². The number of fused-ring (bicyclic) bond motifs is 1. The number of alkyl halides is 3. The van der Waals surface area contributed by atoms with Crippen LogP contribution in [-0.2, 0) is 27.7 Å². The summed E-state index contributed by atoms with van der Waals surface area (Å²) in [5.41, 5.74) is 1.98. The summed E-state index contributed by atoms with van der Waals surface area (Å²) >= 11 is 0. The van der Waals surface area contributed by atoms with Gasteiger partial charge in [0.15, 0.2) is 0 Å². The van der Waals surface area contributed by atoms with E-state index in [-0.39, 0.29) is 5.91 Å². The number of carbonyl (C=O) groups is 1. The first-order valence-electron chi connectivity index (χ1n) is 17.4. The molecule has 1 amide bonds. The van der Waals surface area contributed by atoms with Crippen LogP contribution < -0.4 is 10.1 Å². The molecule has 11 heteroatoms. The van der Waals surface area contributed by atoms with Crippen molar-refractivity contribution in [2.45, 2.75) is 50.0 Å². The number of likely N-dealkylation sites (tertiary alicyclic amines) is 1. The van der Waals surface area contributed by atoms with Crippen LogP contribution in [0.25, 0.3) is 22.2 Å². The lowest BCUT2D eigenvalue weighted by molar-refractivity contribution is -0.137. The minimum absolute atomic E-state index is 0.278. The highest BCUT2D eigenvalue weighted by atomic mass is 19.4. The van der Waals surface area contributed by atoms with Crippen LogP contribution in [0.15, 0.2) is 72.8 Å². The lowest BCUT2D eigenvalue weighted by Crippen LogP contribution is -2.48. The zero-order valence-electron chi connectivity index (χ0n) is 28.3. The number of benzene rings is 3. The van der Waals surface area contributed by atoms with Crippen LogP contribution in [0.1, 0.15) is 52.7 Å². The van der Waals surface area contributed by atoms with Crippen LogP contribution in [0, 0.1) is 0 Å². The van der Waals surface area contributed by atoms with Gasteiger partial charge in [-0.25, -0.2) is 4.98 Å². The number of nitrogens with one attached hydrogen (secondary N) is 1. The molecule has 50 heavy (non-hydrogen) atoms. The van der Waals surface area contributed by atoms with Gasteiger partial charge in [-0.1, -0.05) is 42.5 Å². The number of nitrogens with zero attached hydrogens (tertiary/aromatic N) is 3. The maximum Gasteiger partial charge on any atom is 0.416 e. The number of pyridine rings is 1. The van der Waals surface area contributed by atoms with Crippen molar-refractivity contribution in [3.63, 3.8) is 0 Å². The Hall–Kier alpha value is -4.03. The van der Waals surface area contributed by atoms with Crippen LogP contribution in [0.2, 0.25) is 0 Å². The molecule has 0 unspecified atom stereocenters. The predicted octanol–water partition coefficient (Wildman–Crippen LogP) is 6.66. The van der Waals surface area contributed by atoms with Gasteiger partial charge in [0.25, 0.3) is 5.91 Å². The van der Waals surface area contributed by atoms with Gasteiger partial charge in [-0.2, -0.15) is 13.2 Å². The van der Waals surface area contributed by atoms with Crippen molar-refractivity contribution >= 4 is 16.8 Å². The van der Waals surface area contributed by atoms with E-state index in [9.17, 15) is 18.0 Å². The summed E-state index contributed by atoms with van der Waals surface area (Å²) in [6.45, 7) is 5.97. The second-order valence-electron chi connectivity index (χ2n) is 13.5. The van der Waals surface area contributed by atoms with E-state index in [1.54, 1.807) is 25.3 Å². The molecule has 0 atom stereocenters. The van der Waals surface area contributed by atoms with Crippen molar-refractivity contribution in [1.82, 2.24) is 20.1 Å². The lowest BCUT2D eigenvalue weighted by Gasteiger charge is -2.40. The van der Waals surface area contributed by atoms with Crippen LogP contribution in [0.5, 0.6) is 5.75 Å². The van der Waals surface area contributed by atoms with Crippen molar-refractivity contribution in [2.24, 2.45) is 0 Å². The minimum atomic E-state index is -4.53. The first-order valence-corrected chi connectivity index (χ1v) is 17.4. The van der Waals surface area contributed by atoms with Gasteiger partial charge in [0.1, 0.15) is 12.4 Å². The smallest absolute Gasteiger partial charge is 0.416 e. The molecule has 8 nitrogen and oxygen atoms in total. The number of halogens is 3. The monoisotopic (exact) mass is 688 g/mol. The van der Waals surface area contributed by atoms with Gasteiger partial charge in [-0.15, -0.1) is 0 Å². The van der Waals surface area contributed by atoms with Gasteiger partial charge in [0.05, 0.1) is 47.7 Å². The lowest BCUT2D eigenvalue weighted by atomic mass is 9.93. The Bertz CT molecular complexity index is 1800. The Labute approximate surface area is 290 Å². The topological polar surface area (TPSA) is 76.2 Å². The van der Waals surface area contributed by atoms with Gasteiger partial charge in [0, 0.05) is 49.3 Å². The molecular formula is C39H43F3N4O4. The number of hydrogen-bond donors (Lipinski definition) is 1. The van der Waals surface area contributed by atoms with Crippen molar-refractivity contribution < 1.29 is 32.2 Å². The molecule has 0 radical (unpaired) electrons. The Kier molecular flexibility index (Phi) is 10.1. The van der Waals surface area contributed by atoms with Gasteiger partial charge in [0.2, 0.25) is 0 Å². The van der Waals surface area contributed by atoms with Crippen LogP contribution in [0.4, 0.5) is 13.2 Å². The molecule has 1 aliphatic carbocycles. The molecule has 3 fully saturated rings. The fourth-order valence-electron chi connectivity index (χ4n) is 7.37. The Morgan fingerprint density at radius 2 is 1.72 bits per heavy atom. The van der Waals surface area contributed by atoms with Crippen LogP contribution in [0.3, 0.4) is 0 Å². The van der Waals surface area contributed by atoms with E-state index >= 15 is 0 Å². The van der Waals surface area contributed by atoms with Crippen molar-refractivity contribution in [3.8, 4) is 17.0 Å². The molecule has 1 N–H and O–H groups in total. The number of morpholine rings is 1. The summed E-state index contributed by atoms with van der Waals surface area (Å²) in [7, 11) is 1.60. The number of hydrogen-bond acceptors (Lipinski definition) is 7. The first kappa shape index (κ1) is 34.4. The number of carbonyl (C=O) groups excluding carboxylic acids is 1. The number of rotatable bonds is 11. The molecule has 1 saturated carbocycles. The summed E-state index contributed by atoms with van der Waals surface area (Å²) < 4.78 is 58.7. The Morgan fingerprint density at radius 3 is 2.42 bits per heavy atom. The largest absolute Gasteiger partial charge is 0.491 e. The molecule has 1 aromatic heterocycles. The van der Waals surface area contributed by atoms with E-state index in [0.717, 1.165) is 82.8 Å². The molecule has 2 aliphatic heterocycles. The fraction of sp³-hybridized carbons (Fsp3) is 0.436. The fourth-order valence-corrected chi connectivity index (χ4v) is 7.37. The van der Waals surface area contributed by atoms with Crippen molar-refractivity contribution in [1.29, 1.82) is 0 Å². The third-order valence-corrected chi connectivity index (χ3v) is 10.2. The Morgan fingerprint density at radius 1 is 0.960 bits per heavy atom. The molecule has 0 bridgehead atoms. The van der Waals surface area contributed by atoms with E-state index in [1.807, 2.05) is 36.4 Å². The molecule has 264 valence electrons. The van der Waals surface area contributed by atoms with Crippen LogP contribution in [-0.4, -0.2) is 86.4 Å². The van der Waals surface area contributed by atoms with E-state index in [4.69, 9.17) is 19.2 Å². The van der Waals surface area contributed by atoms with Gasteiger partial charge < -0.3 is 19.5 Å². The normalized spacial score (nSPS) is 18.6. The number of methoxy groups -OCH3 is 1. The highest BCUT2D eigenvalue weighted by Crippen LogP contribution is 2.46. The minimum Gasteiger partial charge on any atom is -0.491 e. The van der Waals surface area contributed by atoms with Crippen molar-refractivity contribution in [2.75, 3.05) is 59.7 Å². The van der Waals surface area contributed by atoms with E-state index in [0.29, 0.717) is 64.8 Å². The molecule has 7 rings (SSSR count). The third kappa shape index (κ3) is 7.51. The van der Waals surface area contributed by atoms with Gasteiger partial charge in [-0.3, -0.25) is 14.6 Å². The highest BCUT2D eigenvalue weighted by molar-refractivity contribution is 6.09. The molecule has 3 heterocycles. The third-order valence-electron chi connectivity index (χ3n) is 10.2. The SMILES string of the molecule is COCCOc1ccc2nc(-c3cccc(C(F)(F)F)c3)c(CN3CCC(N4CCOCC4)CC3)c(C(=O)NC3(c4ccccc4)CC3)c2c1. The molecule has 0 spiro atoms. The molecule has 2 saturated heterocycles. The standard InChI is InChI=1S/C39H43F3N4O4/c1-48-22-23-50-31-10-11-34-32(25-31)35(37(47)44-38(14-15-38)28-7-3-2-4-8-28)33(36(43-34)27-6-5-9-29(24-27)39(40,41)42)26-45-16-12-30(13-17-45)46-18-20-49-21-19-46/h2-11,24-25,30H,12-23,26H2,1H3,(H,44,47). The van der Waals surface area contributed by atoms with E-state index < -0.39 is 17.3 Å². The second-order valence-corrected chi connectivity index (χ2v) is 13.5. The maximum atomic E-state index is 14.8. The predicted molar refractivity (Wildman–Crippen MR) is 185 cm³/mol. The summed E-state index contributed by atoms with van der Waals surface area (Å²) in [5.74, 6) is 0.276. The van der Waals surface area contributed by atoms with Gasteiger partial charge in [-0.05, 0) is 74.7 Å². The van der Waals surface area contributed by atoms with Crippen molar-refractivity contribution in [3.05, 3.63) is 95.1 Å². The Balaban J connectivity index is 1.33.